The van der Waals surface area contributed by atoms with E-state index in [2.05, 4.69) is 30.6 Å². The summed E-state index contributed by atoms with van der Waals surface area (Å²) >= 11 is 3.46. The first kappa shape index (κ1) is 13.5. The standard InChI is InChI=1S/C13H12BrN3O2/c1-19-13(18)9-7-16-11(17-12(9)15)6-8-4-2-3-5-10(8)14/h2-5,7H,6H2,1H3,(H2,15,16,17). The molecule has 1 heterocycles. The number of hydrogen-bond donors (Lipinski definition) is 1. The van der Waals surface area contributed by atoms with Crippen LogP contribution < -0.4 is 5.73 Å². The Kier molecular flexibility index (Phi) is 4.11. The van der Waals surface area contributed by atoms with Crippen LogP contribution in [0, 0.1) is 0 Å². The van der Waals surface area contributed by atoms with Gasteiger partial charge in [-0.3, -0.25) is 0 Å². The van der Waals surface area contributed by atoms with Gasteiger partial charge in [-0.15, -0.1) is 0 Å². The van der Waals surface area contributed by atoms with E-state index in [1.807, 2.05) is 24.3 Å². The van der Waals surface area contributed by atoms with Crippen molar-refractivity contribution in [2.24, 2.45) is 0 Å². The molecule has 98 valence electrons. The smallest absolute Gasteiger partial charge is 0.343 e. The highest BCUT2D eigenvalue weighted by atomic mass is 79.9. The first-order valence-electron chi connectivity index (χ1n) is 5.55. The molecule has 5 nitrogen and oxygen atoms in total. The number of carbonyl (C=O) groups is 1. The molecule has 6 heteroatoms. The van der Waals surface area contributed by atoms with Gasteiger partial charge in [0.15, 0.2) is 0 Å². The van der Waals surface area contributed by atoms with Crippen LogP contribution in [0.25, 0.3) is 0 Å². The zero-order valence-electron chi connectivity index (χ0n) is 10.3. The Hall–Kier alpha value is -1.95. The van der Waals surface area contributed by atoms with Gasteiger partial charge in [0, 0.05) is 17.1 Å². The van der Waals surface area contributed by atoms with Gasteiger partial charge in [-0.1, -0.05) is 34.1 Å². The van der Waals surface area contributed by atoms with Gasteiger partial charge in [0.25, 0.3) is 0 Å². The Balaban J connectivity index is 2.26. The summed E-state index contributed by atoms with van der Waals surface area (Å²) in [5.41, 5.74) is 6.95. The zero-order chi connectivity index (χ0) is 13.8. The van der Waals surface area contributed by atoms with Crippen molar-refractivity contribution in [3.63, 3.8) is 0 Å². The molecule has 0 spiro atoms. The number of methoxy groups -OCH3 is 1. The highest BCUT2D eigenvalue weighted by Crippen LogP contribution is 2.19. The summed E-state index contributed by atoms with van der Waals surface area (Å²) in [4.78, 5) is 19.6. The van der Waals surface area contributed by atoms with Crippen LogP contribution in [0.1, 0.15) is 21.7 Å². The van der Waals surface area contributed by atoms with Crippen molar-refractivity contribution < 1.29 is 9.53 Å². The monoisotopic (exact) mass is 321 g/mol. The van der Waals surface area contributed by atoms with Gasteiger partial charge in [0.05, 0.1) is 7.11 Å². The molecule has 2 rings (SSSR count). The molecule has 1 aromatic heterocycles. The molecule has 0 aliphatic carbocycles. The Morgan fingerprint density at radius 1 is 1.42 bits per heavy atom. The second-order valence-electron chi connectivity index (χ2n) is 3.84. The Bertz CT molecular complexity index is 617. The number of ether oxygens (including phenoxy) is 1. The molecule has 0 atom stereocenters. The van der Waals surface area contributed by atoms with Crippen molar-refractivity contribution in [1.29, 1.82) is 0 Å². The molecule has 0 bridgehead atoms. The second-order valence-corrected chi connectivity index (χ2v) is 4.70. The third-order valence-corrected chi connectivity index (χ3v) is 3.35. The normalized spacial score (nSPS) is 10.2. The van der Waals surface area contributed by atoms with Crippen LogP contribution in [0.4, 0.5) is 5.82 Å². The van der Waals surface area contributed by atoms with E-state index in [0.29, 0.717) is 12.2 Å². The quantitative estimate of drug-likeness (QED) is 0.877. The molecule has 0 radical (unpaired) electrons. The van der Waals surface area contributed by atoms with E-state index in [4.69, 9.17) is 5.73 Å². The summed E-state index contributed by atoms with van der Waals surface area (Å²) in [6, 6.07) is 7.79. The lowest BCUT2D eigenvalue weighted by atomic mass is 10.1. The van der Waals surface area contributed by atoms with Crippen LogP contribution in [0.3, 0.4) is 0 Å². The van der Waals surface area contributed by atoms with Gasteiger partial charge in [-0.05, 0) is 11.6 Å². The number of halogens is 1. The summed E-state index contributed by atoms with van der Waals surface area (Å²) in [6.45, 7) is 0. The summed E-state index contributed by atoms with van der Waals surface area (Å²) in [5.74, 6) is 0.144. The fourth-order valence-corrected chi connectivity index (χ4v) is 2.02. The number of anilines is 1. The minimum absolute atomic E-state index is 0.129. The number of rotatable bonds is 3. The molecule has 0 fully saturated rings. The number of esters is 1. The lowest BCUT2D eigenvalue weighted by Crippen LogP contribution is -2.10. The topological polar surface area (TPSA) is 78.1 Å². The third kappa shape index (κ3) is 3.08. The van der Waals surface area contributed by atoms with Gasteiger partial charge in [-0.25, -0.2) is 14.8 Å². The predicted molar refractivity (Wildman–Crippen MR) is 74.7 cm³/mol. The molecular weight excluding hydrogens is 310 g/mol. The molecular formula is C13H12BrN3O2. The van der Waals surface area contributed by atoms with Crippen LogP contribution in [0.2, 0.25) is 0 Å². The maximum absolute atomic E-state index is 11.4. The average Bonchev–Trinajstić information content (AvgIpc) is 2.41. The van der Waals surface area contributed by atoms with Gasteiger partial charge in [-0.2, -0.15) is 0 Å². The Morgan fingerprint density at radius 2 is 2.16 bits per heavy atom. The number of nitrogens with two attached hydrogens (primary N) is 1. The van der Waals surface area contributed by atoms with E-state index < -0.39 is 5.97 Å². The molecule has 0 unspecified atom stereocenters. The number of nitrogen functional groups attached to an aromatic ring is 1. The third-order valence-electron chi connectivity index (χ3n) is 2.58. The van der Waals surface area contributed by atoms with E-state index in [-0.39, 0.29) is 11.4 Å². The number of benzene rings is 1. The second kappa shape index (κ2) is 5.79. The Labute approximate surface area is 119 Å². The molecule has 0 saturated carbocycles. The molecule has 0 amide bonds. The minimum atomic E-state index is -0.537. The van der Waals surface area contributed by atoms with Crippen LogP contribution in [-0.2, 0) is 11.2 Å². The summed E-state index contributed by atoms with van der Waals surface area (Å²) in [5, 5.41) is 0. The zero-order valence-corrected chi connectivity index (χ0v) is 11.8. The molecule has 0 saturated heterocycles. The van der Waals surface area contributed by atoms with Crippen molar-refractivity contribution in [2.75, 3.05) is 12.8 Å². The van der Waals surface area contributed by atoms with Crippen molar-refractivity contribution >= 4 is 27.7 Å². The lowest BCUT2D eigenvalue weighted by molar-refractivity contribution is 0.0601. The molecule has 0 aliphatic rings. The molecule has 2 N–H and O–H groups in total. The molecule has 1 aromatic carbocycles. The minimum Gasteiger partial charge on any atom is -0.465 e. The van der Waals surface area contributed by atoms with E-state index in [1.54, 1.807) is 0 Å². The summed E-state index contributed by atoms with van der Waals surface area (Å²) in [7, 11) is 1.29. The highest BCUT2D eigenvalue weighted by molar-refractivity contribution is 9.10. The van der Waals surface area contributed by atoms with Crippen LogP contribution in [0.5, 0.6) is 0 Å². The summed E-state index contributed by atoms with van der Waals surface area (Å²) < 4.78 is 5.57. The first-order valence-corrected chi connectivity index (χ1v) is 6.34. The molecule has 19 heavy (non-hydrogen) atoms. The maximum Gasteiger partial charge on any atom is 0.343 e. The molecule has 0 aliphatic heterocycles. The van der Waals surface area contributed by atoms with Crippen LogP contribution >= 0.6 is 15.9 Å². The fourth-order valence-electron chi connectivity index (χ4n) is 1.60. The number of nitrogens with zero attached hydrogens (tertiary/aromatic N) is 2. The largest absolute Gasteiger partial charge is 0.465 e. The van der Waals surface area contributed by atoms with E-state index >= 15 is 0 Å². The predicted octanol–water partition coefficient (Wildman–Crippen LogP) is 2.20. The van der Waals surface area contributed by atoms with Crippen molar-refractivity contribution in [1.82, 2.24) is 9.97 Å². The molecule has 2 aromatic rings. The van der Waals surface area contributed by atoms with E-state index in [0.717, 1.165) is 10.0 Å². The van der Waals surface area contributed by atoms with Gasteiger partial charge < -0.3 is 10.5 Å². The summed E-state index contributed by atoms with van der Waals surface area (Å²) in [6.07, 6.45) is 1.92. The van der Waals surface area contributed by atoms with Gasteiger partial charge in [0.2, 0.25) is 0 Å². The highest BCUT2D eigenvalue weighted by Gasteiger charge is 2.13. The van der Waals surface area contributed by atoms with Gasteiger partial charge >= 0.3 is 5.97 Å². The first-order chi connectivity index (χ1) is 9.11. The SMILES string of the molecule is COC(=O)c1cnc(Cc2ccccc2Br)nc1N. The number of aromatic nitrogens is 2. The van der Waals surface area contributed by atoms with Crippen molar-refractivity contribution in [3.05, 3.63) is 51.9 Å². The fraction of sp³-hybridized carbons (Fsp3) is 0.154. The number of hydrogen-bond acceptors (Lipinski definition) is 5. The van der Waals surface area contributed by atoms with Crippen molar-refractivity contribution in [2.45, 2.75) is 6.42 Å². The van der Waals surface area contributed by atoms with E-state index in [1.165, 1.54) is 13.3 Å². The number of carbonyl (C=O) groups excluding carboxylic acids is 1. The average molecular weight is 322 g/mol. The van der Waals surface area contributed by atoms with Crippen LogP contribution in [0.15, 0.2) is 34.9 Å². The van der Waals surface area contributed by atoms with Gasteiger partial charge in [0.1, 0.15) is 17.2 Å². The Morgan fingerprint density at radius 3 is 2.79 bits per heavy atom. The lowest BCUT2D eigenvalue weighted by Gasteiger charge is -2.06. The van der Waals surface area contributed by atoms with E-state index in [9.17, 15) is 4.79 Å². The maximum atomic E-state index is 11.4. The van der Waals surface area contributed by atoms with Crippen LogP contribution in [-0.4, -0.2) is 23.0 Å². The van der Waals surface area contributed by atoms with Crippen molar-refractivity contribution in [3.8, 4) is 0 Å².